The van der Waals surface area contributed by atoms with Gasteiger partial charge in [-0.25, -0.2) is 0 Å². The van der Waals surface area contributed by atoms with E-state index in [1.807, 2.05) is 43.3 Å². The number of anilines is 1. The van der Waals surface area contributed by atoms with Crippen LogP contribution in [0, 0.1) is 17.8 Å². The summed E-state index contributed by atoms with van der Waals surface area (Å²) in [5, 5.41) is 6.41. The molecule has 0 fully saturated rings. The van der Waals surface area contributed by atoms with Crippen LogP contribution >= 0.6 is 15.9 Å². The van der Waals surface area contributed by atoms with Gasteiger partial charge in [0.15, 0.2) is 18.2 Å². The number of aryl methyl sites for hydroxylation is 1. The van der Waals surface area contributed by atoms with Crippen molar-refractivity contribution >= 4 is 39.1 Å². The van der Waals surface area contributed by atoms with Crippen LogP contribution in [0.3, 0.4) is 0 Å². The molecule has 3 aliphatic rings. The maximum atomic E-state index is 13.7. The van der Waals surface area contributed by atoms with E-state index in [1.165, 1.54) is 0 Å². The van der Waals surface area contributed by atoms with E-state index in [0.717, 1.165) is 39.8 Å². The van der Waals surface area contributed by atoms with Crippen molar-refractivity contribution in [2.24, 2.45) is 10.8 Å². The van der Waals surface area contributed by atoms with Crippen molar-refractivity contribution in [1.29, 1.82) is 0 Å². The van der Waals surface area contributed by atoms with Gasteiger partial charge in [0.2, 0.25) is 0 Å². The Morgan fingerprint density at radius 2 is 1.49 bits per heavy atom. The molecule has 0 saturated heterocycles. The van der Waals surface area contributed by atoms with Crippen LogP contribution in [-0.4, -0.2) is 24.1 Å². The molecule has 1 amide bonds. The fourth-order valence-electron chi connectivity index (χ4n) is 6.05. The summed E-state index contributed by atoms with van der Waals surface area (Å²) < 4.78 is 6.90. The number of carbonyl (C=O) groups excluding carboxylic acids is 3. The number of Topliss-reactive ketones (excluding diaryl/α,β-unsaturated/α-hetero) is 2. The van der Waals surface area contributed by atoms with E-state index in [9.17, 15) is 14.4 Å². The summed E-state index contributed by atoms with van der Waals surface area (Å²) >= 11 is 3.58. The van der Waals surface area contributed by atoms with Crippen molar-refractivity contribution in [3.8, 4) is 5.75 Å². The number of hydrogen-bond donors (Lipinski definition) is 2. The molecular formula is C32H35BrN2O4. The number of ketones is 2. The minimum absolute atomic E-state index is 0.0472. The van der Waals surface area contributed by atoms with E-state index in [0.29, 0.717) is 35.4 Å². The maximum absolute atomic E-state index is 13.7. The van der Waals surface area contributed by atoms with Crippen LogP contribution < -0.4 is 15.4 Å². The monoisotopic (exact) mass is 590 g/mol. The molecule has 2 aromatic carbocycles. The van der Waals surface area contributed by atoms with Gasteiger partial charge in [-0.3, -0.25) is 14.4 Å². The standard InChI is InChI=1S/C32H35BrN2O4/c1-18-6-9-20(10-7-18)34-27(38)17-39-26-11-8-19(33)12-21(26)28-29-22(13-31(2,3)15-24(29)36)35-23-14-32(4,5)16-25(37)30(23)28/h6-12,28,35H,13-17H2,1-5H3,(H,34,38). The van der Waals surface area contributed by atoms with Crippen LogP contribution in [0.2, 0.25) is 0 Å². The number of carbonyl (C=O) groups is 3. The van der Waals surface area contributed by atoms with Gasteiger partial charge in [-0.2, -0.15) is 0 Å². The molecule has 0 radical (unpaired) electrons. The van der Waals surface area contributed by atoms with E-state index in [-0.39, 0.29) is 34.9 Å². The first-order chi connectivity index (χ1) is 18.3. The number of rotatable bonds is 5. The molecule has 2 N–H and O–H groups in total. The first kappa shape index (κ1) is 27.4. The van der Waals surface area contributed by atoms with Gasteiger partial charge in [0.1, 0.15) is 5.75 Å². The van der Waals surface area contributed by atoms with Gasteiger partial charge in [-0.1, -0.05) is 61.3 Å². The second-order valence-electron chi connectivity index (χ2n) is 12.6. The molecule has 1 aliphatic heterocycles. The zero-order valence-corrected chi connectivity index (χ0v) is 24.8. The number of allylic oxidation sites excluding steroid dienone is 4. The summed E-state index contributed by atoms with van der Waals surface area (Å²) in [7, 11) is 0. The Hall–Kier alpha value is -3.19. The van der Waals surface area contributed by atoms with Crippen LogP contribution in [-0.2, 0) is 14.4 Å². The van der Waals surface area contributed by atoms with Crippen molar-refractivity contribution in [3.05, 3.63) is 80.6 Å². The molecule has 204 valence electrons. The predicted octanol–water partition coefficient (Wildman–Crippen LogP) is 6.75. The lowest BCUT2D eigenvalue weighted by Crippen LogP contribution is -2.42. The van der Waals surface area contributed by atoms with Crippen LogP contribution in [0.15, 0.2) is 69.5 Å². The Balaban J connectivity index is 1.53. The van der Waals surface area contributed by atoms with E-state index in [2.05, 4.69) is 54.3 Å². The highest BCUT2D eigenvalue weighted by Crippen LogP contribution is 2.52. The van der Waals surface area contributed by atoms with E-state index < -0.39 is 5.92 Å². The van der Waals surface area contributed by atoms with Crippen molar-refractivity contribution in [3.63, 3.8) is 0 Å². The number of halogens is 1. The fourth-order valence-corrected chi connectivity index (χ4v) is 6.43. The fraction of sp³-hybridized carbons (Fsp3) is 0.406. The zero-order chi connectivity index (χ0) is 28.1. The Morgan fingerprint density at radius 1 is 0.923 bits per heavy atom. The molecule has 0 spiro atoms. The third kappa shape index (κ3) is 5.74. The first-order valence-electron chi connectivity index (χ1n) is 13.4. The average molecular weight is 592 g/mol. The number of ether oxygens (including phenoxy) is 1. The van der Waals surface area contributed by atoms with Crippen LogP contribution in [0.5, 0.6) is 5.75 Å². The molecule has 6 nitrogen and oxygen atoms in total. The number of dihydropyridines is 1. The van der Waals surface area contributed by atoms with Gasteiger partial charge in [0, 0.05) is 57.0 Å². The second-order valence-corrected chi connectivity index (χ2v) is 13.5. The summed E-state index contributed by atoms with van der Waals surface area (Å²) in [6.07, 6.45) is 2.27. The summed E-state index contributed by atoms with van der Waals surface area (Å²) in [5.41, 5.74) is 5.25. The molecule has 2 aliphatic carbocycles. The van der Waals surface area contributed by atoms with Crippen LogP contribution in [0.25, 0.3) is 0 Å². The molecule has 0 unspecified atom stereocenters. The molecule has 0 aromatic heterocycles. The van der Waals surface area contributed by atoms with Crippen molar-refractivity contribution in [1.82, 2.24) is 5.32 Å². The van der Waals surface area contributed by atoms with E-state index in [1.54, 1.807) is 6.07 Å². The third-order valence-electron chi connectivity index (χ3n) is 7.70. The lowest BCUT2D eigenvalue weighted by Gasteiger charge is -2.44. The molecule has 2 aromatic rings. The van der Waals surface area contributed by atoms with Gasteiger partial charge >= 0.3 is 0 Å². The topological polar surface area (TPSA) is 84.5 Å². The lowest BCUT2D eigenvalue weighted by molar-refractivity contribution is -0.120. The van der Waals surface area contributed by atoms with Gasteiger partial charge in [-0.15, -0.1) is 0 Å². The minimum atomic E-state index is -0.545. The number of amides is 1. The maximum Gasteiger partial charge on any atom is 0.262 e. The Morgan fingerprint density at radius 3 is 2.05 bits per heavy atom. The van der Waals surface area contributed by atoms with E-state index >= 15 is 0 Å². The Bertz CT molecular complexity index is 1380. The summed E-state index contributed by atoms with van der Waals surface area (Å²) in [6.45, 7) is 10.2. The SMILES string of the molecule is Cc1ccc(NC(=O)COc2ccc(Br)cc2C2C3=C(CC(C)(C)CC3=O)NC3=C2C(=O)CC(C)(C)C3)cc1. The molecule has 0 bridgehead atoms. The summed E-state index contributed by atoms with van der Waals surface area (Å²) in [6, 6.07) is 13.1. The highest BCUT2D eigenvalue weighted by Gasteiger charge is 2.47. The van der Waals surface area contributed by atoms with Crippen molar-refractivity contribution < 1.29 is 19.1 Å². The van der Waals surface area contributed by atoms with Crippen LogP contribution in [0.4, 0.5) is 5.69 Å². The molecule has 39 heavy (non-hydrogen) atoms. The van der Waals surface area contributed by atoms with Crippen molar-refractivity contribution in [2.45, 2.75) is 66.2 Å². The summed E-state index contributed by atoms with van der Waals surface area (Å²) in [5.74, 6) is -0.255. The lowest BCUT2D eigenvalue weighted by atomic mass is 9.64. The predicted molar refractivity (Wildman–Crippen MR) is 155 cm³/mol. The van der Waals surface area contributed by atoms with Gasteiger partial charge < -0.3 is 15.4 Å². The number of nitrogens with one attached hydrogen (secondary N) is 2. The summed E-state index contributed by atoms with van der Waals surface area (Å²) in [4.78, 5) is 40.1. The first-order valence-corrected chi connectivity index (χ1v) is 14.2. The molecular weight excluding hydrogens is 556 g/mol. The Labute approximate surface area is 238 Å². The van der Waals surface area contributed by atoms with E-state index in [4.69, 9.17) is 4.74 Å². The highest BCUT2D eigenvalue weighted by molar-refractivity contribution is 9.10. The smallest absolute Gasteiger partial charge is 0.262 e. The van der Waals surface area contributed by atoms with Gasteiger partial charge in [0.05, 0.1) is 0 Å². The van der Waals surface area contributed by atoms with Crippen LogP contribution in [0.1, 0.15) is 70.4 Å². The third-order valence-corrected chi connectivity index (χ3v) is 8.19. The normalized spacial score (nSPS) is 20.3. The van der Waals surface area contributed by atoms with Gasteiger partial charge in [-0.05, 0) is 60.9 Å². The van der Waals surface area contributed by atoms with Crippen molar-refractivity contribution in [2.75, 3.05) is 11.9 Å². The Kier molecular flexibility index (Phi) is 7.08. The number of benzene rings is 2. The number of hydrogen-bond acceptors (Lipinski definition) is 5. The minimum Gasteiger partial charge on any atom is -0.483 e. The second kappa shape index (κ2) is 10.1. The molecule has 0 saturated carbocycles. The molecule has 1 heterocycles. The molecule has 5 rings (SSSR count). The zero-order valence-electron chi connectivity index (χ0n) is 23.2. The largest absolute Gasteiger partial charge is 0.483 e. The molecule has 0 atom stereocenters. The highest BCUT2D eigenvalue weighted by atomic mass is 79.9. The average Bonchev–Trinajstić information content (AvgIpc) is 2.82. The quantitative estimate of drug-likeness (QED) is 0.402. The van der Waals surface area contributed by atoms with Gasteiger partial charge in [0.25, 0.3) is 5.91 Å². The molecule has 7 heteroatoms.